The van der Waals surface area contributed by atoms with Crippen LogP contribution in [0.3, 0.4) is 0 Å². The predicted octanol–water partition coefficient (Wildman–Crippen LogP) is 0.334. The second-order valence-corrected chi connectivity index (χ2v) is 2.57. The quantitative estimate of drug-likeness (QED) is 0.640. The molecule has 5 heteroatoms. The molecule has 0 saturated carbocycles. The van der Waals surface area contributed by atoms with Crippen LogP contribution in [0, 0.1) is 0 Å². The van der Waals surface area contributed by atoms with Crippen molar-refractivity contribution >= 4 is 5.91 Å². The Balaban J connectivity index is 2.82. The third-order valence-electron chi connectivity index (χ3n) is 1.37. The molecule has 0 fully saturated rings. The first-order valence-electron chi connectivity index (χ1n) is 3.69. The van der Waals surface area contributed by atoms with E-state index in [1.807, 2.05) is 6.92 Å². The molecule has 1 amide bonds. The van der Waals surface area contributed by atoms with Gasteiger partial charge in [-0.1, -0.05) is 12.1 Å². The summed E-state index contributed by atoms with van der Waals surface area (Å²) in [6.45, 7) is 1.90. The van der Waals surface area contributed by atoms with E-state index in [0.29, 0.717) is 12.2 Å². The highest BCUT2D eigenvalue weighted by Gasteiger charge is 2.15. The Kier molecular flexibility index (Phi) is 2.42. The zero-order valence-corrected chi connectivity index (χ0v) is 7.37. The van der Waals surface area contributed by atoms with E-state index in [1.165, 1.54) is 4.90 Å². The highest BCUT2D eigenvalue weighted by Crippen LogP contribution is 1.99. The minimum Gasteiger partial charge on any atom is -0.341 e. The van der Waals surface area contributed by atoms with Crippen LogP contribution in [0.25, 0.3) is 0 Å². The van der Waals surface area contributed by atoms with Crippen molar-refractivity contribution in [3.8, 4) is 0 Å². The Morgan fingerprint density at radius 2 is 2.25 bits per heavy atom. The standard InChI is InChI=1S/C7H11N3O2/c1-4-5-8-6(12-9-5)7(11)10(2)3/h4H2,1-3H3. The fourth-order valence-electron chi connectivity index (χ4n) is 0.676. The van der Waals surface area contributed by atoms with Crippen LogP contribution in [0.15, 0.2) is 4.52 Å². The number of hydrogen-bond donors (Lipinski definition) is 0. The molecule has 0 atom stereocenters. The summed E-state index contributed by atoms with van der Waals surface area (Å²) in [5.41, 5.74) is 0. The van der Waals surface area contributed by atoms with E-state index >= 15 is 0 Å². The Bertz CT molecular complexity index is 280. The number of aryl methyl sites for hydroxylation is 1. The predicted molar refractivity (Wildman–Crippen MR) is 41.7 cm³/mol. The Hall–Kier alpha value is -1.39. The van der Waals surface area contributed by atoms with Crippen molar-refractivity contribution in [1.29, 1.82) is 0 Å². The fourth-order valence-corrected chi connectivity index (χ4v) is 0.676. The second kappa shape index (κ2) is 3.34. The van der Waals surface area contributed by atoms with Gasteiger partial charge in [-0.25, -0.2) is 0 Å². The third-order valence-corrected chi connectivity index (χ3v) is 1.37. The monoisotopic (exact) mass is 169 g/mol. The maximum atomic E-state index is 11.2. The molecule has 0 unspecified atom stereocenters. The maximum absolute atomic E-state index is 11.2. The van der Waals surface area contributed by atoms with Gasteiger partial charge in [0.25, 0.3) is 0 Å². The molecule has 1 aromatic heterocycles. The SMILES string of the molecule is CCc1noc(C(=O)N(C)C)n1. The Morgan fingerprint density at radius 3 is 2.67 bits per heavy atom. The van der Waals surface area contributed by atoms with E-state index in [4.69, 9.17) is 4.52 Å². The molecular formula is C7H11N3O2. The number of amides is 1. The van der Waals surface area contributed by atoms with E-state index < -0.39 is 0 Å². The molecule has 0 aliphatic heterocycles. The summed E-state index contributed by atoms with van der Waals surface area (Å²) in [6, 6.07) is 0. The van der Waals surface area contributed by atoms with E-state index in [-0.39, 0.29) is 11.8 Å². The summed E-state index contributed by atoms with van der Waals surface area (Å²) in [5, 5.41) is 3.60. The van der Waals surface area contributed by atoms with Crippen molar-refractivity contribution in [3.05, 3.63) is 11.7 Å². The molecule has 0 saturated heterocycles. The van der Waals surface area contributed by atoms with Gasteiger partial charge < -0.3 is 9.42 Å². The molecule has 0 bridgehead atoms. The molecule has 5 nitrogen and oxygen atoms in total. The average Bonchev–Trinajstić information content (AvgIpc) is 2.50. The zero-order valence-electron chi connectivity index (χ0n) is 7.37. The van der Waals surface area contributed by atoms with E-state index in [2.05, 4.69) is 10.1 Å². The molecule has 0 N–H and O–H groups in total. The summed E-state index contributed by atoms with van der Waals surface area (Å²) >= 11 is 0. The van der Waals surface area contributed by atoms with Crippen LogP contribution in [0.1, 0.15) is 23.4 Å². The summed E-state index contributed by atoms with van der Waals surface area (Å²) in [6.07, 6.45) is 0.671. The molecule has 0 radical (unpaired) electrons. The van der Waals surface area contributed by atoms with Gasteiger partial charge in [0.1, 0.15) is 0 Å². The fraction of sp³-hybridized carbons (Fsp3) is 0.571. The van der Waals surface area contributed by atoms with Gasteiger partial charge in [-0.05, 0) is 0 Å². The number of rotatable bonds is 2. The average molecular weight is 169 g/mol. The van der Waals surface area contributed by atoms with E-state index in [9.17, 15) is 4.79 Å². The molecule has 12 heavy (non-hydrogen) atoms. The lowest BCUT2D eigenvalue weighted by atomic mass is 10.5. The van der Waals surface area contributed by atoms with Crippen LogP contribution in [0.4, 0.5) is 0 Å². The van der Waals surface area contributed by atoms with Crippen LogP contribution >= 0.6 is 0 Å². The number of aromatic nitrogens is 2. The molecule has 1 heterocycles. The lowest BCUT2D eigenvalue weighted by Crippen LogP contribution is -2.21. The Labute approximate surface area is 70.4 Å². The van der Waals surface area contributed by atoms with Crippen molar-refractivity contribution in [2.75, 3.05) is 14.1 Å². The summed E-state index contributed by atoms with van der Waals surface area (Å²) in [7, 11) is 3.27. The molecule has 1 rings (SSSR count). The summed E-state index contributed by atoms with van der Waals surface area (Å²) in [5.74, 6) is 0.347. The van der Waals surface area contributed by atoms with E-state index in [0.717, 1.165) is 0 Å². The number of hydrogen-bond acceptors (Lipinski definition) is 4. The number of carbonyl (C=O) groups excluding carboxylic acids is 1. The third kappa shape index (κ3) is 1.61. The maximum Gasteiger partial charge on any atom is 0.316 e. The number of carbonyl (C=O) groups is 1. The number of nitrogens with zero attached hydrogens (tertiary/aromatic N) is 3. The van der Waals surface area contributed by atoms with Crippen LogP contribution in [-0.4, -0.2) is 35.0 Å². The molecular weight excluding hydrogens is 158 g/mol. The molecule has 0 aromatic carbocycles. The van der Waals surface area contributed by atoms with Gasteiger partial charge in [0.05, 0.1) is 0 Å². The zero-order chi connectivity index (χ0) is 9.14. The van der Waals surface area contributed by atoms with Gasteiger partial charge in [0.15, 0.2) is 5.82 Å². The van der Waals surface area contributed by atoms with Gasteiger partial charge >= 0.3 is 11.8 Å². The van der Waals surface area contributed by atoms with Gasteiger partial charge in [-0.2, -0.15) is 4.98 Å². The molecule has 0 aliphatic rings. The summed E-state index contributed by atoms with van der Waals surface area (Å²) in [4.78, 5) is 16.5. The van der Waals surface area contributed by atoms with Crippen molar-refractivity contribution < 1.29 is 9.32 Å². The van der Waals surface area contributed by atoms with Crippen LogP contribution < -0.4 is 0 Å². The normalized spacial score (nSPS) is 9.92. The topological polar surface area (TPSA) is 59.2 Å². The van der Waals surface area contributed by atoms with E-state index in [1.54, 1.807) is 14.1 Å². The van der Waals surface area contributed by atoms with Crippen molar-refractivity contribution in [2.45, 2.75) is 13.3 Å². The van der Waals surface area contributed by atoms with Crippen molar-refractivity contribution in [3.63, 3.8) is 0 Å². The molecule has 0 aliphatic carbocycles. The highest BCUT2D eigenvalue weighted by molar-refractivity contribution is 5.89. The van der Waals surface area contributed by atoms with Gasteiger partial charge in [0.2, 0.25) is 0 Å². The van der Waals surface area contributed by atoms with Gasteiger partial charge in [-0.15, -0.1) is 0 Å². The van der Waals surface area contributed by atoms with Crippen molar-refractivity contribution in [1.82, 2.24) is 15.0 Å². The first-order chi connectivity index (χ1) is 5.65. The molecule has 0 spiro atoms. The Morgan fingerprint density at radius 1 is 1.58 bits per heavy atom. The van der Waals surface area contributed by atoms with Crippen LogP contribution in [0.2, 0.25) is 0 Å². The lowest BCUT2D eigenvalue weighted by Gasteiger charge is -2.04. The van der Waals surface area contributed by atoms with Crippen molar-refractivity contribution in [2.24, 2.45) is 0 Å². The van der Waals surface area contributed by atoms with Gasteiger partial charge in [0, 0.05) is 20.5 Å². The minimum absolute atomic E-state index is 0.0526. The van der Waals surface area contributed by atoms with Crippen LogP contribution in [-0.2, 0) is 6.42 Å². The van der Waals surface area contributed by atoms with Crippen LogP contribution in [0.5, 0.6) is 0 Å². The van der Waals surface area contributed by atoms with Gasteiger partial charge in [-0.3, -0.25) is 4.79 Å². The lowest BCUT2D eigenvalue weighted by molar-refractivity contribution is 0.0779. The molecule has 66 valence electrons. The highest BCUT2D eigenvalue weighted by atomic mass is 16.5. The smallest absolute Gasteiger partial charge is 0.316 e. The summed E-state index contributed by atoms with van der Waals surface area (Å²) < 4.78 is 4.73. The first-order valence-corrected chi connectivity index (χ1v) is 3.69. The second-order valence-electron chi connectivity index (χ2n) is 2.57. The first kappa shape index (κ1) is 8.70. The largest absolute Gasteiger partial charge is 0.341 e. The minimum atomic E-state index is -0.262. The molecule has 1 aromatic rings.